The second-order valence-corrected chi connectivity index (χ2v) is 14.0. The number of halogens is 1. The molecule has 3 aliphatic heterocycles. The maximum absolute atomic E-state index is 14.2. The first-order valence-corrected chi connectivity index (χ1v) is 16.1. The average molecular weight is 622 g/mol. The number of rotatable bonds is 4. The Labute approximate surface area is 258 Å². The van der Waals surface area contributed by atoms with Crippen LogP contribution in [0, 0.1) is 11.8 Å². The molecular weight excluding hydrogens is 573 g/mol. The van der Waals surface area contributed by atoms with Gasteiger partial charge in [0.15, 0.2) is 0 Å². The first kappa shape index (κ1) is 32.6. The topological polar surface area (TPSA) is 164 Å². The van der Waals surface area contributed by atoms with Crippen LogP contribution in [0.3, 0.4) is 0 Å². The van der Waals surface area contributed by atoms with Crippen LogP contribution in [0.15, 0.2) is 12.2 Å². The van der Waals surface area contributed by atoms with E-state index >= 15 is 0 Å². The van der Waals surface area contributed by atoms with Crippen LogP contribution in [0.1, 0.15) is 91.4 Å². The van der Waals surface area contributed by atoms with Crippen molar-refractivity contribution in [3.05, 3.63) is 12.2 Å². The molecule has 3 unspecified atom stereocenters. The Morgan fingerprint density at radius 2 is 1.91 bits per heavy atom. The molecule has 6 N–H and O–H groups in total. The Morgan fingerprint density at radius 3 is 2.64 bits per heavy atom. The zero-order chi connectivity index (χ0) is 31.6. The van der Waals surface area contributed by atoms with Gasteiger partial charge < -0.3 is 25.4 Å². The molecule has 5 rings (SSSR count). The van der Waals surface area contributed by atoms with Crippen LogP contribution in [0.5, 0.6) is 0 Å². The summed E-state index contributed by atoms with van der Waals surface area (Å²) in [5.41, 5.74) is 7.47. The minimum absolute atomic E-state index is 0.0748. The zero-order valence-electron chi connectivity index (χ0n) is 25.9. The predicted molar refractivity (Wildman–Crippen MR) is 158 cm³/mol. The van der Waals surface area contributed by atoms with E-state index in [1.165, 1.54) is 4.90 Å². The van der Waals surface area contributed by atoms with Crippen molar-refractivity contribution in [1.82, 2.24) is 37.0 Å². The van der Waals surface area contributed by atoms with Crippen molar-refractivity contribution in [2.75, 3.05) is 6.54 Å². The molecule has 13 nitrogen and oxygen atoms in total. The highest BCUT2D eigenvalue weighted by Crippen LogP contribution is 2.45. The lowest BCUT2D eigenvalue weighted by atomic mass is 9.86. The number of carboxylic acid groups (broad SMARTS) is 1. The van der Waals surface area contributed by atoms with Gasteiger partial charge in [0.2, 0.25) is 11.8 Å². The van der Waals surface area contributed by atoms with Crippen LogP contribution in [0.2, 0.25) is 0 Å². The standard InChI is InChI=1S/C30H48FN7O6/c1-29(2,3)44-28(43)32-22-13-8-6-4-5-7-11-19-16-30(19,27(41)42)33-25(39)23-15-21(17-37(23)26(22)40)38-35-24(34-36-38)18-10-9-12-20(31)14-18/h7,11,18-24,34-36H,4-6,8-10,12-17H2,1-3H3,(H,32,43)(H,33,39)(H,41,42)/b11-7-/t18?,19-,20?,21-,22+,23+,24?,30-/m1/s1. The van der Waals surface area contributed by atoms with E-state index in [1.54, 1.807) is 25.9 Å². The van der Waals surface area contributed by atoms with Crippen LogP contribution in [0.4, 0.5) is 9.18 Å². The van der Waals surface area contributed by atoms with Gasteiger partial charge in [-0.25, -0.2) is 24.8 Å². The Hall–Kier alpha value is -2.81. The average Bonchev–Trinajstić information content (AvgIpc) is 3.27. The van der Waals surface area contributed by atoms with Crippen molar-refractivity contribution in [1.29, 1.82) is 0 Å². The molecule has 2 aliphatic carbocycles. The Balaban J connectivity index is 1.37. The molecule has 0 aromatic heterocycles. The SMILES string of the molecule is CC(C)(C)OC(=O)N[C@H]1CCCCC/C=C\[C@@H]2C[C@@]2(C(=O)O)NC(=O)[C@@H]2C[C@@H](N3NNC(C4CCCC(F)C4)N3)CN2C1=O. The number of fused-ring (bicyclic) bond motifs is 2. The molecule has 3 heterocycles. The molecule has 0 bridgehead atoms. The highest BCUT2D eigenvalue weighted by Gasteiger charge is 2.61. The van der Waals surface area contributed by atoms with Gasteiger partial charge >= 0.3 is 12.1 Å². The number of aliphatic carboxylic acids is 1. The molecule has 2 saturated heterocycles. The summed E-state index contributed by atoms with van der Waals surface area (Å²) in [6, 6.07) is -2.25. The molecule has 0 aromatic rings. The molecule has 3 amide bonds. The minimum Gasteiger partial charge on any atom is -0.479 e. The smallest absolute Gasteiger partial charge is 0.408 e. The highest BCUT2D eigenvalue weighted by atomic mass is 19.1. The molecule has 8 atom stereocenters. The van der Waals surface area contributed by atoms with E-state index in [0.29, 0.717) is 25.7 Å². The summed E-state index contributed by atoms with van der Waals surface area (Å²) in [6.45, 7) is 5.38. The molecule has 0 radical (unpaired) electrons. The third-order valence-electron chi connectivity index (χ3n) is 9.43. The largest absolute Gasteiger partial charge is 0.479 e. The van der Waals surface area contributed by atoms with E-state index in [1.807, 2.05) is 12.2 Å². The summed E-state index contributed by atoms with van der Waals surface area (Å²) < 4.78 is 19.6. The van der Waals surface area contributed by atoms with E-state index < -0.39 is 53.3 Å². The van der Waals surface area contributed by atoms with Gasteiger partial charge in [-0.1, -0.05) is 31.4 Å². The van der Waals surface area contributed by atoms with Crippen LogP contribution in [-0.2, 0) is 19.1 Å². The molecule has 0 aromatic carbocycles. The summed E-state index contributed by atoms with van der Waals surface area (Å²) in [6.07, 6.45) is 8.76. The molecule has 246 valence electrons. The summed E-state index contributed by atoms with van der Waals surface area (Å²) in [7, 11) is 0. The van der Waals surface area contributed by atoms with Crippen LogP contribution in [0.25, 0.3) is 0 Å². The normalized spacial score (nSPS) is 38.0. The first-order valence-electron chi connectivity index (χ1n) is 16.1. The number of nitrogens with one attached hydrogen (secondary N) is 5. The molecule has 14 heteroatoms. The van der Waals surface area contributed by atoms with E-state index in [2.05, 4.69) is 27.0 Å². The number of carbonyl (C=O) groups is 4. The fourth-order valence-electron chi connectivity index (χ4n) is 6.96. The molecule has 4 fully saturated rings. The van der Waals surface area contributed by atoms with E-state index in [9.17, 15) is 28.7 Å². The fourth-order valence-corrected chi connectivity index (χ4v) is 6.96. The van der Waals surface area contributed by atoms with Crippen LogP contribution < -0.4 is 27.0 Å². The molecule has 0 spiro atoms. The number of hydrogen-bond donors (Lipinski definition) is 6. The third kappa shape index (κ3) is 7.52. The van der Waals surface area contributed by atoms with Gasteiger partial charge in [0.25, 0.3) is 0 Å². The van der Waals surface area contributed by atoms with Gasteiger partial charge in [-0.05, 0) is 78.1 Å². The van der Waals surface area contributed by atoms with Crippen LogP contribution >= 0.6 is 0 Å². The first-order chi connectivity index (χ1) is 20.9. The summed E-state index contributed by atoms with van der Waals surface area (Å²) in [4.78, 5) is 54.6. The number of ether oxygens (including phenoxy) is 1. The number of carboxylic acids is 1. The minimum atomic E-state index is -1.41. The summed E-state index contributed by atoms with van der Waals surface area (Å²) in [5.74, 6) is -2.31. The van der Waals surface area contributed by atoms with Crippen molar-refractivity contribution >= 4 is 23.9 Å². The molecule has 5 aliphatic rings. The number of nitrogens with zero attached hydrogens (tertiary/aromatic N) is 2. The predicted octanol–water partition coefficient (Wildman–Crippen LogP) is 2.01. The van der Waals surface area contributed by atoms with E-state index in [0.717, 1.165) is 32.1 Å². The highest BCUT2D eigenvalue weighted by molar-refractivity contribution is 5.96. The molecule has 2 saturated carbocycles. The Morgan fingerprint density at radius 1 is 1.11 bits per heavy atom. The van der Waals surface area contributed by atoms with Crippen molar-refractivity contribution < 1.29 is 33.4 Å². The van der Waals surface area contributed by atoms with Gasteiger partial charge in [0.1, 0.15) is 29.4 Å². The van der Waals surface area contributed by atoms with Gasteiger partial charge in [-0.3, -0.25) is 9.59 Å². The van der Waals surface area contributed by atoms with E-state index in [4.69, 9.17) is 4.74 Å². The quantitative estimate of drug-likeness (QED) is 0.256. The van der Waals surface area contributed by atoms with Crippen molar-refractivity contribution in [3.63, 3.8) is 0 Å². The number of allylic oxidation sites excluding steroid dienone is 1. The van der Waals surface area contributed by atoms with Crippen molar-refractivity contribution in [3.8, 4) is 0 Å². The van der Waals surface area contributed by atoms with Crippen molar-refractivity contribution in [2.24, 2.45) is 11.8 Å². The zero-order valence-corrected chi connectivity index (χ0v) is 25.9. The maximum atomic E-state index is 14.2. The van der Waals surface area contributed by atoms with Gasteiger partial charge in [0, 0.05) is 12.5 Å². The number of alkyl carbamates (subject to hydrolysis) is 1. The van der Waals surface area contributed by atoms with Gasteiger partial charge in [-0.2, -0.15) is 10.7 Å². The summed E-state index contributed by atoms with van der Waals surface area (Å²) >= 11 is 0. The maximum Gasteiger partial charge on any atom is 0.408 e. The third-order valence-corrected chi connectivity index (χ3v) is 9.43. The summed E-state index contributed by atoms with van der Waals surface area (Å²) in [5, 5.41) is 17.3. The lowest BCUT2D eigenvalue weighted by Gasteiger charge is -2.30. The molecule has 44 heavy (non-hydrogen) atoms. The lowest BCUT2D eigenvalue weighted by Crippen LogP contribution is -2.56. The second-order valence-electron chi connectivity index (χ2n) is 14.0. The monoisotopic (exact) mass is 621 g/mol. The fraction of sp³-hybridized carbons (Fsp3) is 0.800. The second kappa shape index (κ2) is 13.3. The Bertz CT molecular complexity index is 1130. The number of amides is 3. The number of alkyl halides is 1. The number of carbonyl (C=O) groups excluding carboxylic acids is 3. The Kier molecular flexibility index (Phi) is 9.83. The van der Waals surface area contributed by atoms with Crippen molar-refractivity contribution in [2.45, 2.75) is 133 Å². The lowest BCUT2D eigenvalue weighted by molar-refractivity contribution is -0.145. The molecular formula is C30H48FN7O6. The van der Waals surface area contributed by atoms with Gasteiger partial charge in [-0.15, -0.1) is 0 Å². The number of hydrazine groups is 3. The van der Waals surface area contributed by atoms with E-state index in [-0.39, 0.29) is 43.4 Å². The van der Waals surface area contributed by atoms with Gasteiger partial charge in [0.05, 0.1) is 12.2 Å². The number of hydrogen-bond acceptors (Lipinski definition) is 9. The van der Waals surface area contributed by atoms with Crippen LogP contribution in [-0.4, -0.2) is 87.1 Å².